The fourth-order valence-corrected chi connectivity index (χ4v) is 2.90. The number of rotatable bonds is 4. The van der Waals surface area contributed by atoms with Crippen LogP contribution in [0, 0.1) is 0 Å². The molecule has 9 heteroatoms. The second-order valence-electron chi connectivity index (χ2n) is 4.91. The number of hydrogen-bond acceptors (Lipinski definition) is 4. The van der Waals surface area contributed by atoms with Gasteiger partial charge in [-0.2, -0.15) is 4.31 Å². The smallest absolute Gasteiger partial charge is 0.404 e. The summed E-state index contributed by atoms with van der Waals surface area (Å²) in [6.45, 7) is 5.99. The van der Waals surface area contributed by atoms with Crippen LogP contribution in [0.2, 0.25) is 0 Å². The Hall–Kier alpha value is -0.680. The van der Waals surface area contributed by atoms with Crippen molar-refractivity contribution < 1.29 is 32.6 Å². The van der Waals surface area contributed by atoms with Gasteiger partial charge < -0.3 is 14.3 Å². The van der Waals surface area contributed by atoms with E-state index in [2.05, 4.69) is 8.83 Å². The molecule has 1 atom stereocenters. The van der Waals surface area contributed by atoms with Gasteiger partial charge in [-0.1, -0.05) is 32.9 Å². The first kappa shape index (κ1) is 16.4. The maximum absolute atomic E-state index is 11.3. The monoisotopic (exact) mass is 310 g/mol. The van der Waals surface area contributed by atoms with Gasteiger partial charge in [-0.25, -0.2) is 9.13 Å². The Morgan fingerprint density at radius 2 is 1.47 bits per heavy atom. The molecule has 0 saturated carbocycles. The summed E-state index contributed by atoms with van der Waals surface area (Å²) in [6.07, 6.45) is 0. The van der Waals surface area contributed by atoms with Crippen LogP contribution in [0.25, 0.3) is 0 Å². The van der Waals surface area contributed by atoms with Crippen LogP contribution in [-0.2, 0) is 18.9 Å². The van der Waals surface area contributed by atoms with Crippen molar-refractivity contribution in [3.8, 4) is 5.75 Å². The first-order valence-corrected chi connectivity index (χ1v) is 8.31. The van der Waals surface area contributed by atoms with Crippen LogP contribution >= 0.6 is 15.6 Å². The predicted molar refractivity (Wildman–Crippen MR) is 68.7 cm³/mol. The Bertz CT molecular complexity index is 526. The number of benzene rings is 1. The second-order valence-corrected chi connectivity index (χ2v) is 7.66. The zero-order valence-electron chi connectivity index (χ0n) is 10.7. The number of phosphoric acid groups is 2. The Morgan fingerprint density at radius 3 is 1.84 bits per heavy atom. The molecule has 1 aromatic rings. The molecule has 0 fully saturated rings. The summed E-state index contributed by atoms with van der Waals surface area (Å²) in [5.74, 6) is -0.0210. The Kier molecular flexibility index (Phi) is 4.62. The van der Waals surface area contributed by atoms with Crippen molar-refractivity contribution in [2.24, 2.45) is 0 Å². The molecule has 1 unspecified atom stereocenters. The molecule has 19 heavy (non-hydrogen) atoms. The van der Waals surface area contributed by atoms with Crippen molar-refractivity contribution in [1.29, 1.82) is 0 Å². The minimum atomic E-state index is -5.10. The SMILES string of the molecule is CC(C)(C)c1ccc(OP(=O)(O)OP(=O)(O)O)cc1. The normalized spacial score (nSPS) is 15.9. The summed E-state index contributed by atoms with van der Waals surface area (Å²) in [5.41, 5.74) is 0.882. The van der Waals surface area contributed by atoms with Gasteiger partial charge in [0.15, 0.2) is 0 Å². The Balaban J connectivity index is 2.84. The molecular formula is C10H16O7P2. The van der Waals surface area contributed by atoms with Crippen molar-refractivity contribution >= 4 is 15.6 Å². The molecule has 0 aliphatic carbocycles. The van der Waals surface area contributed by atoms with Crippen LogP contribution in [0.15, 0.2) is 24.3 Å². The van der Waals surface area contributed by atoms with E-state index in [-0.39, 0.29) is 11.2 Å². The highest BCUT2D eigenvalue weighted by molar-refractivity contribution is 7.60. The van der Waals surface area contributed by atoms with E-state index in [1.807, 2.05) is 20.8 Å². The Labute approximate surface area is 111 Å². The molecule has 0 heterocycles. The van der Waals surface area contributed by atoms with E-state index in [0.717, 1.165) is 5.56 Å². The zero-order valence-corrected chi connectivity index (χ0v) is 12.5. The molecule has 3 N–H and O–H groups in total. The highest BCUT2D eigenvalue weighted by Crippen LogP contribution is 2.57. The minimum absolute atomic E-state index is 0.0210. The molecular weight excluding hydrogens is 294 g/mol. The molecule has 108 valence electrons. The molecule has 1 aromatic carbocycles. The summed E-state index contributed by atoms with van der Waals surface area (Å²) in [4.78, 5) is 26.1. The lowest BCUT2D eigenvalue weighted by molar-refractivity contribution is 0.229. The average Bonchev–Trinajstić information content (AvgIpc) is 2.11. The molecule has 0 radical (unpaired) electrons. The van der Waals surface area contributed by atoms with Crippen molar-refractivity contribution in [1.82, 2.24) is 0 Å². The van der Waals surface area contributed by atoms with Gasteiger partial charge in [0.05, 0.1) is 0 Å². The quantitative estimate of drug-likeness (QED) is 0.732. The molecule has 1 rings (SSSR count). The maximum Gasteiger partial charge on any atom is 0.536 e. The van der Waals surface area contributed by atoms with Crippen molar-refractivity contribution in [3.05, 3.63) is 29.8 Å². The third-order valence-corrected chi connectivity index (χ3v) is 4.27. The zero-order chi connectivity index (χ0) is 14.9. The standard InChI is InChI=1S/C10H16O7P2/c1-10(2,3)8-4-6-9(7-5-8)16-19(14,15)17-18(11,12)13/h4-7H,1-3H3,(H,14,15)(H2,11,12,13). The van der Waals surface area contributed by atoms with Crippen LogP contribution < -0.4 is 4.52 Å². The van der Waals surface area contributed by atoms with Crippen molar-refractivity contribution in [3.63, 3.8) is 0 Å². The average molecular weight is 310 g/mol. The summed E-state index contributed by atoms with van der Waals surface area (Å²) >= 11 is 0. The van der Waals surface area contributed by atoms with E-state index in [4.69, 9.17) is 14.7 Å². The fraction of sp³-hybridized carbons (Fsp3) is 0.400. The molecule has 0 bridgehead atoms. The highest BCUT2D eigenvalue weighted by atomic mass is 31.3. The largest absolute Gasteiger partial charge is 0.536 e. The van der Waals surface area contributed by atoms with E-state index in [9.17, 15) is 9.13 Å². The number of phosphoric ester groups is 1. The molecule has 0 aromatic heterocycles. The maximum atomic E-state index is 11.3. The van der Waals surface area contributed by atoms with E-state index >= 15 is 0 Å². The Morgan fingerprint density at radius 1 is 1.00 bits per heavy atom. The van der Waals surface area contributed by atoms with Gasteiger partial charge in [0, 0.05) is 0 Å². The summed E-state index contributed by atoms with van der Waals surface area (Å²) in [7, 11) is -9.95. The number of hydrogen-bond donors (Lipinski definition) is 3. The summed E-state index contributed by atoms with van der Waals surface area (Å²) in [5, 5.41) is 0. The topological polar surface area (TPSA) is 113 Å². The third-order valence-electron chi connectivity index (χ3n) is 2.15. The second kappa shape index (κ2) is 5.37. The van der Waals surface area contributed by atoms with Crippen LogP contribution in [0.5, 0.6) is 5.75 Å². The van der Waals surface area contributed by atoms with Gasteiger partial charge in [0.2, 0.25) is 0 Å². The summed E-state index contributed by atoms with van der Waals surface area (Å²) in [6, 6.07) is 6.22. The molecule has 0 saturated heterocycles. The first-order chi connectivity index (χ1) is 8.39. The molecule has 0 amide bonds. The van der Waals surface area contributed by atoms with Crippen molar-refractivity contribution in [2.45, 2.75) is 26.2 Å². The van der Waals surface area contributed by atoms with Crippen LogP contribution in [0.3, 0.4) is 0 Å². The van der Waals surface area contributed by atoms with E-state index < -0.39 is 15.6 Å². The molecule has 0 aliphatic rings. The lowest BCUT2D eigenvalue weighted by Crippen LogP contribution is -2.10. The lowest BCUT2D eigenvalue weighted by Gasteiger charge is -2.19. The van der Waals surface area contributed by atoms with Gasteiger partial charge in [-0.05, 0) is 23.1 Å². The summed E-state index contributed by atoms with van der Waals surface area (Å²) < 4.78 is 30.0. The molecule has 0 spiro atoms. The van der Waals surface area contributed by atoms with Crippen molar-refractivity contribution in [2.75, 3.05) is 0 Å². The molecule has 7 nitrogen and oxygen atoms in total. The molecule has 0 aliphatic heterocycles. The van der Waals surface area contributed by atoms with E-state index in [0.29, 0.717) is 0 Å². The van der Waals surface area contributed by atoms with Gasteiger partial charge in [0.25, 0.3) is 0 Å². The fourth-order valence-electron chi connectivity index (χ4n) is 1.30. The van der Waals surface area contributed by atoms with Crippen LogP contribution in [-0.4, -0.2) is 14.7 Å². The lowest BCUT2D eigenvalue weighted by atomic mass is 9.87. The van der Waals surface area contributed by atoms with Crippen LogP contribution in [0.4, 0.5) is 0 Å². The van der Waals surface area contributed by atoms with Gasteiger partial charge in [-0.15, -0.1) is 0 Å². The van der Waals surface area contributed by atoms with Gasteiger partial charge >= 0.3 is 15.6 Å². The van der Waals surface area contributed by atoms with Crippen LogP contribution in [0.1, 0.15) is 26.3 Å². The van der Waals surface area contributed by atoms with E-state index in [1.165, 1.54) is 12.1 Å². The van der Waals surface area contributed by atoms with Gasteiger partial charge in [-0.3, -0.25) is 4.89 Å². The first-order valence-electron chi connectivity index (χ1n) is 5.29. The highest BCUT2D eigenvalue weighted by Gasteiger charge is 2.33. The third kappa shape index (κ3) is 5.87. The minimum Gasteiger partial charge on any atom is -0.404 e. The predicted octanol–water partition coefficient (Wildman–Crippen LogP) is 2.57. The van der Waals surface area contributed by atoms with Gasteiger partial charge in [0.1, 0.15) is 5.75 Å². The van der Waals surface area contributed by atoms with E-state index in [1.54, 1.807) is 12.1 Å².